The molecule has 8 aliphatic carbocycles. The second-order valence-corrected chi connectivity index (χ2v) is 13.9. The molecule has 8 bridgehead atoms. The molecule has 17 atom stereocenters. The minimum atomic E-state index is -4.35. The summed E-state index contributed by atoms with van der Waals surface area (Å²) >= 11 is 0. The number of hydrogen-bond donors (Lipinski definition) is 0. The van der Waals surface area contributed by atoms with E-state index in [0.29, 0.717) is 49.0 Å². The van der Waals surface area contributed by atoms with E-state index in [4.69, 9.17) is 14.2 Å². The van der Waals surface area contributed by atoms with Crippen molar-refractivity contribution in [3.05, 3.63) is 12.2 Å². The molecule has 0 radical (unpaired) electrons. The van der Waals surface area contributed by atoms with Crippen molar-refractivity contribution < 1.29 is 32.2 Å². The Balaban J connectivity index is 1.00. The van der Waals surface area contributed by atoms with Crippen LogP contribution in [0.25, 0.3) is 0 Å². The van der Waals surface area contributed by atoms with Gasteiger partial charge in [-0.15, -0.1) is 0 Å². The maximum absolute atomic E-state index is 14.5. The second-order valence-electron chi connectivity index (χ2n) is 13.9. The summed E-state index contributed by atoms with van der Waals surface area (Å²) in [5, 5.41) is 0. The van der Waals surface area contributed by atoms with Crippen LogP contribution in [0.1, 0.15) is 44.9 Å². The highest BCUT2D eigenvalue weighted by molar-refractivity contribution is 5.60. The molecule has 1 saturated heterocycles. The van der Waals surface area contributed by atoms with Gasteiger partial charge in [-0.05, 0) is 115 Å². The third-order valence-corrected chi connectivity index (χ3v) is 13.3. The van der Waals surface area contributed by atoms with E-state index in [9.17, 15) is 18.0 Å². The van der Waals surface area contributed by atoms with Gasteiger partial charge >= 0.3 is 12.3 Å². The fraction of sp³-hybridized carbons (Fsp3) is 0.897. The fourth-order valence-electron chi connectivity index (χ4n) is 13.1. The van der Waals surface area contributed by atoms with Crippen LogP contribution in [0.15, 0.2) is 12.2 Å². The first-order valence-electron chi connectivity index (χ1n) is 14.6. The van der Waals surface area contributed by atoms with Gasteiger partial charge in [0, 0.05) is 12.3 Å². The van der Waals surface area contributed by atoms with Gasteiger partial charge < -0.3 is 14.2 Å². The topological polar surface area (TPSA) is 44.8 Å². The summed E-state index contributed by atoms with van der Waals surface area (Å²) in [6.07, 6.45) is 4.56. The molecule has 36 heavy (non-hydrogen) atoms. The molecule has 196 valence electrons. The third kappa shape index (κ3) is 2.55. The summed E-state index contributed by atoms with van der Waals surface area (Å²) in [7, 11) is 0. The van der Waals surface area contributed by atoms with Crippen LogP contribution in [0.3, 0.4) is 0 Å². The minimum Gasteiger partial charge on any atom is -0.430 e. The molecule has 7 saturated carbocycles. The van der Waals surface area contributed by atoms with Crippen molar-refractivity contribution >= 4 is 6.16 Å². The maximum atomic E-state index is 14.5. The predicted molar refractivity (Wildman–Crippen MR) is 121 cm³/mol. The summed E-state index contributed by atoms with van der Waals surface area (Å²) in [6, 6.07) is 0. The standard InChI is InChI=1S/C29H35F3O4/c30-29(31,32)26-17-10-18(27(26)36-28(33)35-19-3-1-2-6-34-19)25-16-9-15(24(17)25)22-13-8-14(23(16)22)21-12-5-4-11(7-12)20(13)21/h4-5,11-27H,1-3,6-10H2. The summed E-state index contributed by atoms with van der Waals surface area (Å²) in [6.45, 7) is 0.508. The van der Waals surface area contributed by atoms with Gasteiger partial charge in [-0.1, -0.05) is 12.2 Å². The molecule has 17 unspecified atom stereocenters. The fourth-order valence-corrected chi connectivity index (χ4v) is 13.1. The molecule has 7 heteroatoms. The van der Waals surface area contributed by atoms with Gasteiger partial charge in [0.25, 0.3) is 0 Å². The van der Waals surface area contributed by atoms with E-state index in [0.717, 1.165) is 54.8 Å². The van der Waals surface area contributed by atoms with Crippen molar-refractivity contribution in [1.29, 1.82) is 0 Å². The molecule has 1 aliphatic heterocycles. The Morgan fingerprint density at radius 1 is 0.722 bits per heavy atom. The molecule has 0 aromatic heterocycles. The largest absolute Gasteiger partial charge is 0.510 e. The van der Waals surface area contributed by atoms with Crippen molar-refractivity contribution in [2.24, 2.45) is 88.8 Å². The Morgan fingerprint density at radius 2 is 1.31 bits per heavy atom. The van der Waals surface area contributed by atoms with Crippen molar-refractivity contribution in [3.8, 4) is 0 Å². The number of rotatable bonds is 2. The average molecular weight is 505 g/mol. The van der Waals surface area contributed by atoms with E-state index in [1.807, 2.05) is 0 Å². The van der Waals surface area contributed by atoms with Crippen LogP contribution in [0.2, 0.25) is 0 Å². The number of hydrogen-bond acceptors (Lipinski definition) is 4. The van der Waals surface area contributed by atoms with Gasteiger partial charge in [0.15, 0.2) is 0 Å². The SMILES string of the molecule is O=C(OC1CCCCO1)OC1C2CC(C3C4CC(C23)C2C3CC(C5C6C=CC(C6)C35)C42)C1C(F)(F)F. The number of alkyl halides is 3. The lowest BCUT2D eigenvalue weighted by molar-refractivity contribution is -0.233. The van der Waals surface area contributed by atoms with E-state index in [-0.39, 0.29) is 11.8 Å². The number of carbonyl (C=O) groups excluding carboxylic acids is 1. The van der Waals surface area contributed by atoms with Crippen LogP contribution in [0, 0.1) is 88.8 Å². The lowest BCUT2D eigenvalue weighted by Crippen LogP contribution is -2.53. The Morgan fingerprint density at radius 3 is 1.92 bits per heavy atom. The Kier molecular flexibility index (Phi) is 4.23. The van der Waals surface area contributed by atoms with Crippen molar-refractivity contribution in [2.75, 3.05) is 6.61 Å². The molecular weight excluding hydrogens is 469 g/mol. The first-order chi connectivity index (χ1) is 17.4. The van der Waals surface area contributed by atoms with Gasteiger partial charge in [-0.25, -0.2) is 4.79 Å². The molecule has 8 fully saturated rings. The molecule has 1 heterocycles. The number of halogens is 3. The molecule has 0 aromatic rings. The van der Waals surface area contributed by atoms with E-state index in [2.05, 4.69) is 12.2 Å². The smallest absolute Gasteiger partial charge is 0.430 e. The van der Waals surface area contributed by atoms with Crippen LogP contribution < -0.4 is 0 Å². The zero-order valence-electron chi connectivity index (χ0n) is 20.4. The van der Waals surface area contributed by atoms with E-state index in [1.54, 1.807) is 0 Å². The predicted octanol–water partition coefficient (Wildman–Crippen LogP) is 6.07. The Hall–Kier alpha value is -1.24. The average Bonchev–Trinajstić information content (AvgIpc) is 3.65. The van der Waals surface area contributed by atoms with Crippen LogP contribution in [0.4, 0.5) is 18.0 Å². The van der Waals surface area contributed by atoms with Gasteiger partial charge in [-0.2, -0.15) is 13.2 Å². The van der Waals surface area contributed by atoms with Gasteiger partial charge in [0.2, 0.25) is 6.29 Å². The summed E-state index contributed by atoms with van der Waals surface area (Å²) in [4.78, 5) is 12.7. The lowest BCUT2D eigenvalue weighted by atomic mass is 9.54. The quantitative estimate of drug-likeness (QED) is 0.260. The van der Waals surface area contributed by atoms with E-state index in [1.165, 1.54) is 12.8 Å². The molecular formula is C29H35F3O4. The highest BCUT2D eigenvalue weighted by Crippen LogP contribution is 2.81. The number of ether oxygens (including phenoxy) is 3. The molecule has 9 rings (SSSR count). The van der Waals surface area contributed by atoms with Gasteiger partial charge in [-0.3, -0.25) is 0 Å². The Labute approximate surface area is 209 Å². The van der Waals surface area contributed by atoms with Crippen LogP contribution >= 0.6 is 0 Å². The number of allylic oxidation sites excluding steroid dienone is 2. The first-order valence-corrected chi connectivity index (χ1v) is 14.6. The summed E-state index contributed by atoms with van der Waals surface area (Å²) in [5.74, 6) is 5.44. The number of fused-ring (bicyclic) bond motifs is 23. The second kappa shape index (κ2) is 7.04. The monoisotopic (exact) mass is 504 g/mol. The van der Waals surface area contributed by atoms with Crippen molar-refractivity contribution in [2.45, 2.75) is 63.5 Å². The molecule has 0 N–H and O–H groups in total. The first kappa shape index (κ1) is 21.7. The molecule has 0 aromatic carbocycles. The summed E-state index contributed by atoms with van der Waals surface area (Å²) < 4.78 is 59.9. The number of carbonyl (C=O) groups is 1. The molecule has 0 amide bonds. The zero-order chi connectivity index (χ0) is 24.1. The normalized spacial score (nSPS) is 60.5. The molecule has 0 spiro atoms. The third-order valence-electron chi connectivity index (χ3n) is 13.3. The Bertz CT molecular complexity index is 1000. The highest BCUT2D eigenvalue weighted by atomic mass is 19.4. The van der Waals surface area contributed by atoms with Gasteiger partial charge in [0.1, 0.15) is 6.10 Å². The zero-order valence-corrected chi connectivity index (χ0v) is 20.4. The van der Waals surface area contributed by atoms with Crippen molar-refractivity contribution in [3.63, 3.8) is 0 Å². The maximum Gasteiger partial charge on any atom is 0.510 e. The lowest BCUT2D eigenvalue weighted by Gasteiger charge is -2.51. The molecule has 4 nitrogen and oxygen atoms in total. The highest BCUT2D eigenvalue weighted by Gasteiger charge is 2.79. The van der Waals surface area contributed by atoms with E-state index < -0.39 is 36.6 Å². The van der Waals surface area contributed by atoms with Crippen LogP contribution in [-0.4, -0.2) is 31.3 Å². The van der Waals surface area contributed by atoms with Crippen LogP contribution in [-0.2, 0) is 14.2 Å². The van der Waals surface area contributed by atoms with Crippen molar-refractivity contribution in [1.82, 2.24) is 0 Å². The van der Waals surface area contributed by atoms with Gasteiger partial charge in [0.05, 0.1) is 12.5 Å². The van der Waals surface area contributed by atoms with E-state index >= 15 is 0 Å². The molecule has 9 aliphatic rings. The summed E-state index contributed by atoms with van der Waals surface area (Å²) in [5.41, 5.74) is 0. The minimum absolute atomic E-state index is 0.169. The van der Waals surface area contributed by atoms with Crippen LogP contribution in [0.5, 0.6) is 0 Å².